The first kappa shape index (κ1) is 13.9. The predicted molar refractivity (Wildman–Crippen MR) is 77.5 cm³/mol. The summed E-state index contributed by atoms with van der Waals surface area (Å²) in [6.07, 6.45) is 6.35. The normalized spacial score (nSPS) is 34.9. The van der Waals surface area contributed by atoms with Crippen LogP contribution in [0.2, 0.25) is 0 Å². The van der Waals surface area contributed by atoms with E-state index in [0.717, 1.165) is 25.4 Å². The molecule has 2 fully saturated rings. The molecule has 110 valence electrons. The minimum Gasteiger partial charge on any atom is -0.508 e. The van der Waals surface area contributed by atoms with E-state index >= 15 is 0 Å². The average molecular weight is 276 g/mol. The Labute approximate surface area is 120 Å². The van der Waals surface area contributed by atoms with Crippen LogP contribution in [0.25, 0.3) is 0 Å². The number of aliphatic hydroxyl groups excluding tert-OH is 1. The van der Waals surface area contributed by atoms with Crippen LogP contribution in [0.5, 0.6) is 5.75 Å². The van der Waals surface area contributed by atoms with Crippen molar-refractivity contribution in [3.8, 4) is 5.75 Å². The zero-order valence-corrected chi connectivity index (χ0v) is 11.9. The maximum atomic E-state index is 9.40. The highest BCUT2D eigenvalue weighted by Gasteiger charge is 2.31. The minimum atomic E-state index is -0.528. The van der Waals surface area contributed by atoms with Crippen LogP contribution in [-0.2, 0) is 4.74 Å². The zero-order chi connectivity index (χ0) is 13.9. The van der Waals surface area contributed by atoms with Gasteiger partial charge in [-0.1, -0.05) is 12.1 Å². The van der Waals surface area contributed by atoms with E-state index in [4.69, 9.17) is 4.74 Å². The molecule has 1 aromatic carbocycles. The lowest BCUT2D eigenvalue weighted by Crippen LogP contribution is -2.32. The number of hydrogen-bond acceptors (Lipinski definition) is 3. The van der Waals surface area contributed by atoms with E-state index in [9.17, 15) is 10.2 Å². The van der Waals surface area contributed by atoms with Crippen LogP contribution < -0.4 is 0 Å². The van der Waals surface area contributed by atoms with Gasteiger partial charge < -0.3 is 14.9 Å². The molecule has 1 aliphatic heterocycles. The van der Waals surface area contributed by atoms with Crippen LogP contribution in [0.4, 0.5) is 0 Å². The third-order valence-corrected chi connectivity index (χ3v) is 5.09. The summed E-state index contributed by atoms with van der Waals surface area (Å²) in [5.74, 6) is 2.39. The molecule has 20 heavy (non-hydrogen) atoms. The van der Waals surface area contributed by atoms with Gasteiger partial charge in [0.25, 0.3) is 0 Å². The smallest absolute Gasteiger partial charge is 0.154 e. The van der Waals surface area contributed by atoms with Gasteiger partial charge in [-0.2, -0.15) is 0 Å². The van der Waals surface area contributed by atoms with Crippen molar-refractivity contribution in [2.24, 2.45) is 11.8 Å². The van der Waals surface area contributed by atoms with Gasteiger partial charge in [0.1, 0.15) is 5.75 Å². The molecule has 2 atom stereocenters. The van der Waals surface area contributed by atoms with Gasteiger partial charge in [0.2, 0.25) is 0 Å². The van der Waals surface area contributed by atoms with Crippen LogP contribution in [0.1, 0.15) is 50.0 Å². The van der Waals surface area contributed by atoms with Gasteiger partial charge in [-0.05, 0) is 74.0 Å². The summed E-state index contributed by atoms with van der Waals surface area (Å²) >= 11 is 0. The van der Waals surface area contributed by atoms with Gasteiger partial charge in [-0.15, -0.1) is 0 Å². The topological polar surface area (TPSA) is 49.7 Å². The molecule has 3 rings (SSSR count). The summed E-state index contributed by atoms with van der Waals surface area (Å²) in [5, 5.41) is 18.8. The molecule has 0 aromatic heterocycles. The Balaban J connectivity index is 1.53. The van der Waals surface area contributed by atoms with Crippen molar-refractivity contribution >= 4 is 0 Å². The molecule has 2 unspecified atom stereocenters. The predicted octanol–water partition coefficient (Wildman–Crippen LogP) is 3.41. The van der Waals surface area contributed by atoms with Gasteiger partial charge >= 0.3 is 0 Å². The highest BCUT2D eigenvalue weighted by Crippen LogP contribution is 2.41. The third kappa shape index (κ3) is 3.15. The van der Waals surface area contributed by atoms with Crippen molar-refractivity contribution in [3.05, 3.63) is 29.8 Å². The molecule has 1 saturated heterocycles. The third-order valence-electron chi connectivity index (χ3n) is 5.09. The number of aromatic hydroxyl groups is 1. The summed E-state index contributed by atoms with van der Waals surface area (Å²) in [7, 11) is 0. The lowest BCUT2D eigenvalue weighted by Gasteiger charge is -2.36. The highest BCUT2D eigenvalue weighted by atomic mass is 16.6. The monoisotopic (exact) mass is 276 g/mol. The maximum absolute atomic E-state index is 9.40. The van der Waals surface area contributed by atoms with Crippen molar-refractivity contribution in [2.75, 3.05) is 6.61 Å². The summed E-state index contributed by atoms with van der Waals surface area (Å²) in [6.45, 7) is 0.732. The van der Waals surface area contributed by atoms with Crippen molar-refractivity contribution in [1.82, 2.24) is 0 Å². The van der Waals surface area contributed by atoms with Crippen molar-refractivity contribution < 1.29 is 14.9 Å². The van der Waals surface area contributed by atoms with Crippen LogP contribution in [0.15, 0.2) is 24.3 Å². The quantitative estimate of drug-likeness (QED) is 0.870. The average Bonchev–Trinajstić information content (AvgIpc) is 2.49. The van der Waals surface area contributed by atoms with E-state index in [2.05, 4.69) is 12.1 Å². The molecular weight excluding hydrogens is 252 g/mol. The van der Waals surface area contributed by atoms with E-state index in [1.54, 1.807) is 12.1 Å². The minimum absolute atomic E-state index is 0.348. The molecule has 1 aliphatic carbocycles. The number of benzene rings is 1. The summed E-state index contributed by atoms with van der Waals surface area (Å²) in [4.78, 5) is 0. The standard InChI is InChI=1S/C17H24O3/c18-16-8-5-13(6-9-16)12-1-3-14(4-2-12)15-7-10-17(19)20-11-15/h5-6,8-9,12,14-15,17-19H,1-4,7,10-11H2. The zero-order valence-electron chi connectivity index (χ0n) is 11.9. The molecule has 0 spiro atoms. The van der Waals surface area contributed by atoms with Gasteiger partial charge in [0, 0.05) is 0 Å². The Hall–Kier alpha value is -1.06. The molecule has 1 saturated carbocycles. The van der Waals surface area contributed by atoms with Gasteiger partial charge in [0.15, 0.2) is 6.29 Å². The van der Waals surface area contributed by atoms with Crippen molar-refractivity contribution in [1.29, 1.82) is 0 Å². The molecular formula is C17H24O3. The molecule has 2 N–H and O–H groups in total. The first-order valence-corrected chi connectivity index (χ1v) is 7.81. The molecule has 3 nitrogen and oxygen atoms in total. The number of ether oxygens (including phenoxy) is 1. The second kappa shape index (κ2) is 6.15. The van der Waals surface area contributed by atoms with Gasteiger partial charge in [0.05, 0.1) is 6.61 Å². The van der Waals surface area contributed by atoms with Crippen LogP contribution in [0, 0.1) is 11.8 Å². The number of hydrogen-bond donors (Lipinski definition) is 2. The summed E-state index contributed by atoms with van der Waals surface area (Å²) in [6, 6.07) is 7.69. The Morgan fingerprint density at radius 3 is 2.10 bits per heavy atom. The lowest BCUT2D eigenvalue weighted by molar-refractivity contribution is -0.148. The van der Waals surface area contributed by atoms with Crippen LogP contribution in [-0.4, -0.2) is 23.1 Å². The number of phenolic OH excluding ortho intramolecular Hbond substituents is 1. The summed E-state index contributed by atoms with van der Waals surface area (Å²) in [5.41, 5.74) is 1.36. The Bertz CT molecular complexity index is 412. The number of rotatable bonds is 2. The van der Waals surface area contributed by atoms with E-state index in [1.165, 1.54) is 31.2 Å². The van der Waals surface area contributed by atoms with Gasteiger partial charge in [-0.3, -0.25) is 0 Å². The number of phenols is 1. The molecule has 0 amide bonds. The SMILES string of the molecule is Oc1ccc(C2CCC(C3CCC(O)OC3)CC2)cc1. The highest BCUT2D eigenvalue weighted by molar-refractivity contribution is 5.28. The van der Waals surface area contributed by atoms with E-state index in [-0.39, 0.29) is 0 Å². The summed E-state index contributed by atoms with van der Waals surface area (Å²) < 4.78 is 5.40. The first-order valence-electron chi connectivity index (χ1n) is 7.81. The second-order valence-electron chi connectivity index (χ2n) is 6.33. The Morgan fingerprint density at radius 1 is 0.850 bits per heavy atom. The first-order chi connectivity index (χ1) is 9.72. The Morgan fingerprint density at radius 2 is 1.50 bits per heavy atom. The van der Waals surface area contributed by atoms with Gasteiger partial charge in [-0.25, -0.2) is 0 Å². The molecule has 1 aromatic rings. The molecule has 3 heteroatoms. The number of aliphatic hydroxyl groups is 1. The van der Waals surface area contributed by atoms with Crippen molar-refractivity contribution in [3.63, 3.8) is 0 Å². The Kier molecular flexibility index (Phi) is 4.27. The fourth-order valence-corrected chi connectivity index (χ4v) is 3.80. The van der Waals surface area contributed by atoms with E-state index < -0.39 is 6.29 Å². The molecule has 0 radical (unpaired) electrons. The van der Waals surface area contributed by atoms with Crippen LogP contribution in [0.3, 0.4) is 0 Å². The van der Waals surface area contributed by atoms with E-state index in [0.29, 0.717) is 17.6 Å². The molecule has 1 heterocycles. The van der Waals surface area contributed by atoms with E-state index in [1.807, 2.05) is 0 Å². The lowest BCUT2D eigenvalue weighted by atomic mass is 9.72. The molecule has 0 bridgehead atoms. The molecule has 2 aliphatic rings. The fourth-order valence-electron chi connectivity index (χ4n) is 3.80. The maximum Gasteiger partial charge on any atom is 0.154 e. The fraction of sp³-hybridized carbons (Fsp3) is 0.647. The second-order valence-corrected chi connectivity index (χ2v) is 6.33. The largest absolute Gasteiger partial charge is 0.508 e. The van der Waals surface area contributed by atoms with Crippen molar-refractivity contribution in [2.45, 2.75) is 50.7 Å². The van der Waals surface area contributed by atoms with Crippen LogP contribution >= 0.6 is 0 Å².